The molecule has 0 amide bonds. The minimum atomic E-state index is -4.89. The molecule has 0 aliphatic rings. The van der Waals surface area contributed by atoms with Gasteiger partial charge in [0.25, 0.3) is 0 Å². The number of rotatable bonds is 2. The van der Waals surface area contributed by atoms with E-state index in [2.05, 4.69) is 4.85 Å². The van der Waals surface area contributed by atoms with Crippen molar-refractivity contribution < 1.29 is 31.4 Å². The summed E-state index contributed by atoms with van der Waals surface area (Å²) in [5.41, 5.74) is -4.87. The number of hydrogen-bond acceptors (Lipinski definition) is 1. The molecule has 0 fully saturated rings. The number of alkyl halides is 6. The molecule has 25 heavy (non-hydrogen) atoms. The van der Waals surface area contributed by atoms with Crippen molar-refractivity contribution in [1.82, 2.24) is 0 Å². The van der Waals surface area contributed by atoms with Crippen molar-refractivity contribution in [3.63, 3.8) is 0 Å². The maximum absolute atomic E-state index is 13.0. The third-order valence-corrected chi connectivity index (χ3v) is 3.75. The minimum Gasteiger partial charge on any atom is -0.376 e. The fourth-order valence-corrected chi connectivity index (χ4v) is 2.19. The Morgan fingerprint density at radius 3 is 1.84 bits per heavy atom. The molecule has 0 bridgehead atoms. The minimum absolute atomic E-state index is 0.0953. The summed E-state index contributed by atoms with van der Waals surface area (Å²) in [6.45, 7) is 7.38. The van der Waals surface area contributed by atoms with E-state index in [1.54, 1.807) is 0 Å². The topological polar surface area (TPSA) is 24.6 Å². The first-order chi connectivity index (χ1) is 11.4. The van der Waals surface area contributed by atoms with Gasteiger partial charge in [0.15, 0.2) is 11.3 Å². The summed E-state index contributed by atoms with van der Waals surface area (Å²) in [5, 5.41) is 9.60. The summed E-state index contributed by atoms with van der Waals surface area (Å²) in [5.74, 6) is 0. The maximum atomic E-state index is 13.0. The fourth-order valence-electron chi connectivity index (χ4n) is 2.19. The highest BCUT2D eigenvalue weighted by atomic mass is 19.4. The average molecular weight is 359 g/mol. The first-order valence-corrected chi connectivity index (χ1v) is 6.86. The van der Waals surface area contributed by atoms with Gasteiger partial charge in [0.05, 0.1) is 12.1 Å². The molecule has 0 heterocycles. The third kappa shape index (κ3) is 3.61. The molecule has 1 unspecified atom stereocenters. The zero-order valence-corrected chi connectivity index (χ0v) is 12.7. The van der Waals surface area contributed by atoms with Crippen molar-refractivity contribution >= 4 is 5.69 Å². The van der Waals surface area contributed by atoms with Crippen molar-refractivity contribution in [2.75, 3.05) is 0 Å². The van der Waals surface area contributed by atoms with Crippen molar-refractivity contribution in [3.05, 3.63) is 65.0 Å². The molecule has 0 aromatic heterocycles. The van der Waals surface area contributed by atoms with Crippen LogP contribution in [0.25, 0.3) is 16.0 Å². The molecule has 0 radical (unpaired) electrons. The van der Waals surface area contributed by atoms with E-state index in [0.29, 0.717) is 6.92 Å². The molecule has 132 valence electrons. The fraction of sp³-hybridized carbons (Fsp3) is 0.235. The molecule has 1 N–H and O–H groups in total. The van der Waals surface area contributed by atoms with Crippen LogP contribution in [0, 0.1) is 6.57 Å². The second kappa shape index (κ2) is 6.08. The molecule has 2 nitrogen and oxygen atoms in total. The Bertz CT molecular complexity index is 813. The van der Waals surface area contributed by atoms with Crippen LogP contribution in [0.4, 0.5) is 32.0 Å². The molecular formula is C17H11F6NO. The highest BCUT2D eigenvalue weighted by molar-refractivity contribution is 5.69. The number of halogens is 6. The Kier molecular flexibility index (Phi) is 4.57. The highest BCUT2D eigenvalue weighted by Crippen LogP contribution is 2.41. The van der Waals surface area contributed by atoms with E-state index in [4.69, 9.17) is 6.57 Å². The summed E-state index contributed by atoms with van der Waals surface area (Å²) in [7, 11) is 0. The zero-order valence-electron chi connectivity index (χ0n) is 12.7. The van der Waals surface area contributed by atoms with Crippen LogP contribution in [0.3, 0.4) is 0 Å². The molecule has 0 aliphatic heterocycles. The third-order valence-electron chi connectivity index (χ3n) is 3.75. The van der Waals surface area contributed by atoms with Gasteiger partial charge < -0.3 is 5.11 Å². The maximum Gasteiger partial charge on any atom is 0.421 e. The quantitative estimate of drug-likeness (QED) is 0.540. The Morgan fingerprint density at radius 2 is 1.40 bits per heavy atom. The second-order valence-corrected chi connectivity index (χ2v) is 5.49. The van der Waals surface area contributed by atoms with Crippen molar-refractivity contribution in [1.29, 1.82) is 0 Å². The molecule has 1 atom stereocenters. The van der Waals surface area contributed by atoms with E-state index in [-0.39, 0.29) is 11.1 Å². The lowest BCUT2D eigenvalue weighted by Gasteiger charge is -2.26. The van der Waals surface area contributed by atoms with Gasteiger partial charge in [-0.25, -0.2) is 4.85 Å². The summed E-state index contributed by atoms with van der Waals surface area (Å²) >= 11 is 0. The first-order valence-electron chi connectivity index (χ1n) is 6.86. The Labute approximate surface area is 139 Å². The van der Waals surface area contributed by atoms with Crippen LogP contribution in [-0.2, 0) is 11.8 Å². The second-order valence-electron chi connectivity index (χ2n) is 5.49. The Balaban J connectivity index is 2.47. The molecule has 0 saturated carbocycles. The SMILES string of the molecule is [C-]#[N+]c1ccc(-c2ccc(C(C)(O)C(F)(F)F)cc2)cc1C(F)(F)F. The van der Waals surface area contributed by atoms with Gasteiger partial charge in [-0.2, -0.15) is 26.3 Å². The lowest BCUT2D eigenvalue weighted by atomic mass is 9.93. The van der Waals surface area contributed by atoms with E-state index >= 15 is 0 Å². The lowest BCUT2D eigenvalue weighted by Crippen LogP contribution is -2.39. The number of hydrogen-bond donors (Lipinski definition) is 1. The van der Waals surface area contributed by atoms with E-state index in [9.17, 15) is 31.4 Å². The molecule has 2 aromatic carbocycles. The summed E-state index contributed by atoms with van der Waals surface area (Å²) < 4.78 is 77.4. The predicted molar refractivity (Wildman–Crippen MR) is 78.8 cm³/mol. The molecule has 2 aromatic rings. The smallest absolute Gasteiger partial charge is 0.376 e. The van der Waals surface area contributed by atoms with Crippen molar-refractivity contribution in [3.8, 4) is 11.1 Å². The zero-order chi connectivity index (χ0) is 19.0. The summed E-state index contributed by atoms with van der Waals surface area (Å²) in [6, 6.07) is 7.41. The average Bonchev–Trinajstić information content (AvgIpc) is 2.52. The van der Waals surface area contributed by atoms with Crippen LogP contribution in [-0.4, -0.2) is 11.3 Å². The summed E-state index contributed by atoms with van der Waals surface area (Å²) in [6.07, 6.45) is -9.62. The van der Waals surface area contributed by atoms with Gasteiger partial charge in [0, 0.05) is 0 Å². The van der Waals surface area contributed by atoms with Gasteiger partial charge in [0.1, 0.15) is 0 Å². The lowest BCUT2D eigenvalue weighted by molar-refractivity contribution is -0.258. The highest BCUT2D eigenvalue weighted by Gasteiger charge is 2.51. The molecule has 8 heteroatoms. The Morgan fingerprint density at radius 1 is 0.880 bits per heavy atom. The predicted octanol–water partition coefficient (Wildman–Crippen LogP) is 5.69. The monoisotopic (exact) mass is 359 g/mol. The molecule has 2 rings (SSSR count). The van der Waals surface area contributed by atoms with Crippen molar-refractivity contribution in [2.45, 2.75) is 24.9 Å². The van der Waals surface area contributed by atoms with Crippen LogP contribution in [0.1, 0.15) is 18.1 Å². The molecular weight excluding hydrogens is 348 g/mol. The van der Waals surface area contributed by atoms with Crippen LogP contribution in [0.5, 0.6) is 0 Å². The normalized spacial score (nSPS) is 14.7. The number of nitrogens with zero attached hydrogens (tertiary/aromatic N) is 1. The van der Waals surface area contributed by atoms with Crippen molar-refractivity contribution in [2.24, 2.45) is 0 Å². The van der Waals surface area contributed by atoms with E-state index in [1.165, 1.54) is 18.2 Å². The van der Waals surface area contributed by atoms with E-state index < -0.39 is 34.8 Å². The van der Waals surface area contributed by atoms with Crippen LogP contribution >= 0.6 is 0 Å². The molecule has 0 aliphatic carbocycles. The van der Waals surface area contributed by atoms with Gasteiger partial charge in [0.2, 0.25) is 0 Å². The largest absolute Gasteiger partial charge is 0.421 e. The number of aliphatic hydroxyl groups is 1. The van der Waals surface area contributed by atoms with Crippen LogP contribution < -0.4 is 0 Å². The van der Waals surface area contributed by atoms with Gasteiger partial charge >= 0.3 is 12.4 Å². The van der Waals surface area contributed by atoms with E-state index in [0.717, 1.165) is 24.3 Å². The van der Waals surface area contributed by atoms with Gasteiger partial charge in [-0.3, -0.25) is 0 Å². The van der Waals surface area contributed by atoms with E-state index in [1.807, 2.05) is 0 Å². The first kappa shape index (κ1) is 18.8. The van der Waals surface area contributed by atoms with Crippen LogP contribution in [0.15, 0.2) is 42.5 Å². The molecule has 0 saturated heterocycles. The van der Waals surface area contributed by atoms with Gasteiger partial charge in [-0.15, -0.1) is 0 Å². The number of benzene rings is 2. The van der Waals surface area contributed by atoms with Gasteiger partial charge in [-0.05, 0) is 23.6 Å². The van der Waals surface area contributed by atoms with Crippen LogP contribution in [0.2, 0.25) is 0 Å². The van der Waals surface area contributed by atoms with Gasteiger partial charge in [-0.1, -0.05) is 42.5 Å². The Hall–Kier alpha value is -2.53. The summed E-state index contributed by atoms with van der Waals surface area (Å²) in [4.78, 5) is 2.82. The molecule has 0 spiro atoms. The standard InChI is InChI=1S/C17H11F6NO/c1-15(25,17(21,22)23)12-6-3-10(4-7-12)11-5-8-14(24-2)13(9-11)16(18,19)20/h3-9,25H,1H3.